The Bertz CT molecular complexity index is 277. The minimum atomic E-state index is 1.16. The number of aryl methyl sites for hydroxylation is 1. The Morgan fingerprint density at radius 1 is 1.58 bits per heavy atom. The van der Waals surface area contributed by atoms with Crippen molar-refractivity contribution in [1.29, 1.82) is 0 Å². The predicted octanol–water partition coefficient (Wildman–Crippen LogP) is 2.30. The van der Waals surface area contributed by atoms with Crippen molar-refractivity contribution in [3.63, 3.8) is 0 Å². The van der Waals surface area contributed by atoms with Crippen LogP contribution < -0.4 is 0 Å². The minimum absolute atomic E-state index is 1.16. The molecule has 0 aliphatic carbocycles. The molecule has 12 heavy (non-hydrogen) atoms. The minimum Gasteiger partial charge on any atom is -0.302 e. The summed E-state index contributed by atoms with van der Waals surface area (Å²) in [6.07, 6.45) is 2.46. The molecule has 0 saturated carbocycles. The lowest BCUT2D eigenvalue weighted by atomic mass is 10.1. The highest BCUT2D eigenvalue weighted by Crippen LogP contribution is 2.27. The average molecular weight is 181 g/mol. The summed E-state index contributed by atoms with van der Waals surface area (Å²) in [5, 5.41) is 0. The summed E-state index contributed by atoms with van der Waals surface area (Å²) in [4.78, 5) is 5.58. The first-order valence-corrected chi connectivity index (χ1v) is 5.40. The molecule has 0 atom stereocenters. The standard InChI is InChI=1S/C10H15NS/c1-3-9-6-8-7-11(2)5-4-10(8)12-9/h6H,3-5,7H2,1-2H3. The summed E-state index contributed by atoms with van der Waals surface area (Å²) in [6.45, 7) is 4.63. The first kappa shape index (κ1) is 8.27. The molecule has 0 N–H and O–H groups in total. The van der Waals surface area contributed by atoms with Crippen LogP contribution in [0.5, 0.6) is 0 Å². The van der Waals surface area contributed by atoms with Crippen molar-refractivity contribution in [2.75, 3.05) is 13.6 Å². The molecule has 0 unspecified atom stereocenters. The summed E-state index contributed by atoms with van der Waals surface area (Å²) in [6, 6.07) is 2.38. The fraction of sp³-hybridized carbons (Fsp3) is 0.600. The zero-order valence-corrected chi connectivity index (χ0v) is 8.58. The molecule has 0 saturated heterocycles. The molecular weight excluding hydrogens is 166 g/mol. The monoisotopic (exact) mass is 181 g/mol. The van der Waals surface area contributed by atoms with Crippen LogP contribution in [0.1, 0.15) is 22.2 Å². The smallest absolute Gasteiger partial charge is 0.0241 e. The zero-order valence-electron chi connectivity index (χ0n) is 7.76. The van der Waals surface area contributed by atoms with Gasteiger partial charge in [-0.05, 0) is 31.5 Å². The maximum atomic E-state index is 2.40. The molecule has 1 aliphatic heterocycles. The SMILES string of the molecule is CCc1cc2c(s1)CCN(C)C2. The van der Waals surface area contributed by atoms with E-state index in [0.29, 0.717) is 0 Å². The Labute approximate surface area is 78.0 Å². The quantitative estimate of drug-likeness (QED) is 0.642. The first-order valence-electron chi connectivity index (χ1n) is 4.58. The Morgan fingerprint density at radius 2 is 2.42 bits per heavy atom. The summed E-state index contributed by atoms with van der Waals surface area (Å²) < 4.78 is 0. The van der Waals surface area contributed by atoms with Crippen LogP contribution in [0.25, 0.3) is 0 Å². The third-order valence-corrected chi connectivity index (χ3v) is 3.84. The highest BCUT2D eigenvalue weighted by atomic mass is 32.1. The highest BCUT2D eigenvalue weighted by molar-refractivity contribution is 7.12. The van der Waals surface area contributed by atoms with E-state index in [9.17, 15) is 0 Å². The largest absolute Gasteiger partial charge is 0.302 e. The van der Waals surface area contributed by atoms with Crippen molar-refractivity contribution >= 4 is 11.3 Å². The third kappa shape index (κ3) is 1.41. The molecule has 0 spiro atoms. The molecular formula is C10H15NS. The fourth-order valence-corrected chi connectivity index (χ4v) is 2.82. The van der Waals surface area contributed by atoms with Crippen molar-refractivity contribution in [2.45, 2.75) is 26.3 Å². The van der Waals surface area contributed by atoms with Crippen LogP contribution in [-0.2, 0) is 19.4 Å². The molecule has 66 valence electrons. The molecule has 0 radical (unpaired) electrons. The van der Waals surface area contributed by atoms with Gasteiger partial charge < -0.3 is 4.90 Å². The van der Waals surface area contributed by atoms with Gasteiger partial charge in [0.25, 0.3) is 0 Å². The molecule has 2 heterocycles. The molecule has 0 amide bonds. The van der Waals surface area contributed by atoms with Crippen LogP contribution in [0.15, 0.2) is 6.07 Å². The summed E-state index contributed by atoms with van der Waals surface area (Å²) >= 11 is 2.01. The Balaban J connectivity index is 2.28. The normalized spacial score (nSPS) is 17.8. The van der Waals surface area contributed by atoms with E-state index >= 15 is 0 Å². The van der Waals surface area contributed by atoms with Crippen LogP contribution in [0.2, 0.25) is 0 Å². The number of nitrogens with zero attached hydrogens (tertiary/aromatic N) is 1. The van der Waals surface area contributed by atoms with Crippen molar-refractivity contribution in [1.82, 2.24) is 4.90 Å². The number of thiophene rings is 1. The van der Waals surface area contributed by atoms with Gasteiger partial charge in [-0.25, -0.2) is 0 Å². The summed E-state index contributed by atoms with van der Waals surface area (Å²) in [5.41, 5.74) is 1.57. The highest BCUT2D eigenvalue weighted by Gasteiger charge is 2.15. The number of fused-ring (bicyclic) bond motifs is 1. The van der Waals surface area contributed by atoms with Gasteiger partial charge >= 0.3 is 0 Å². The van der Waals surface area contributed by atoms with E-state index in [4.69, 9.17) is 0 Å². The van der Waals surface area contributed by atoms with Gasteiger partial charge in [0.1, 0.15) is 0 Å². The molecule has 1 aromatic rings. The van der Waals surface area contributed by atoms with Crippen molar-refractivity contribution in [3.05, 3.63) is 21.4 Å². The van der Waals surface area contributed by atoms with E-state index in [1.165, 1.54) is 19.4 Å². The van der Waals surface area contributed by atoms with E-state index in [2.05, 4.69) is 24.9 Å². The second-order valence-corrected chi connectivity index (χ2v) is 4.72. The number of rotatable bonds is 1. The van der Waals surface area contributed by atoms with E-state index in [1.807, 2.05) is 11.3 Å². The Hall–Kier alpha value is -0.340. The van der Waals surface area contributed by atoms with Crippen LogP contribution in [0, 0.1) is 0 Å². The fourth-order valence-electron chi connectivity index (χ4n) is 1.71. The lowest BCUT2D eigenvalue weighted by Gasteiger charge is -2.21. The van der Waals surface area contributed by atoms with Crippen molar-refractivity contribution in [2.24, 2.45) is 0 Å². The Morgan fingerprint density at radius 3 is 3.17 bits per heavy atom. The molecule has 0 bridgehead atoms. The zero-order chi connectivity index (χ0) is 8.55. The van der Waals surface area contributed by atoms with Crippen LogP contribution in [0.3, 0.4) is 0 Å². The lowest BCUT2D eigenvalue weighted by Crippen LogP contribution is -2.25. The number of hydrogen-bond acceptors (Lipinski definition) is 2. The van der Waals surface area contributed by atoms with Gasteiger partial charge in [-0.2, -0.15) is 0 Å². The topological polar surface area (TPSA) is 3.24 Å². The third-order valence-electron chi connectivity index (χ3n) is 2.46. The van der Waals surface area contributed by atoms with Gasteiger partial charge in [0.2, 0.25) is 0 Å². The first-order chi connectivity index (χ1) is 5.79. The lowest BCUT2D eigenvalue weighted by molar-refractivity contribution is 0.315. The predicted molar refractivity (Wildman–Crippen MR) is 53.7 cm³/mol. The van der Waals surface area contributed by atoms with Crippen molar-refractivity contribution in [3.8, 4) is 0 Å². The number of hydrogen-bond donors (Lipinski definition) is 0. The van der Waals surface area contributed by atoms with Gasteiger partial charge in [0.05, 0.1) is 0 Å². The molecule has 0 fully saturated rings. The van der Waals surface area contributed by atoms with E-state index in [1.54, 1.807) is 15.3 Å². The van der Waals surface area contributed by atoms with E-state index in [-0.39, 0.29) is 0 Å². The molecule has 0 aromatic carbocycles. The van der Waals surface area contributed by atoms with Crippen LogP contribution >= 0.6 is 11.3 Å². The summed E-state index contributed by atoms with van der Waals surface area (Å²) in [5.74, 6) is 0. The van der Waals surface area contributed by atoms with Gasteiger partial charge in [-0.1, -0.05) is 6.92 Å². The number of likely N-dealkylation sites (N-methyl/N-ethyl adjacent to an activating group) is 1. The molecule has 1 aliphatic rings. The summed E-state index contributed by atoms with van der Waals surface area (Å²) in [7, 11) is 2.20. The second kappa shape index (κ2) is 3.19. The average Bonchev–Trinajstić information content (AvgIpc) is 2.46. The maximum absolute atomic E-state index is 2.40. The van der Waals surface area contributed by atoms with Crippen molar-refractivity contribution < 1.29 is 0 Å². The van der Waals surface area contributed by atoms with Crippen LogP contribution in [0.4, 0.5) is 0 Å². The van der Waals surface area contributed by atoms with Gasteiger partial charge in [-0.15, -0.1) is 11.3 Å². The van der Waals surface area contributed by atoms with Crippen LogP contribution in [-0.4, -0.2) is 18.5 Å². The maximum Gasteiger partial charge on any atom is 0.0241 e. The molecule has 2 heteroatoms. The molecule has 2 rings (SSSR count). The molecule has 1 aromatic heterocycles. The molecule has 1 nitrogen and oxygen atoms in total. The second-order valence-electron chi connectivity index (χ2n) is 3.50. The Kier molecular flexibility index (Phi) is 2.20. The van der Waals surface area contributed by atoms with E-state index in [0.717, 1.165) is 6.54 Å². The van der Waals surface area contributed by atoms with Gasteiger partial charge in [0, 0.05) is 22.8 Å². The van der Waals surface area contributed by atoms with Gasteiger partial charge in [0.15, 0.2) is 0 Å². The van der Waals surface area contributed by atoms with Gasteiger partial charge in [-0.3, -0.25) is 0 Å². The van der Waals surface area contributed by atoms with E-state index < -0.39 is 0 Å².